The maximum absolute atomic E-state index is 13.2. The minimum atomic E-state index is -0.858. The van der Waals surface area contributed by atoms with Gasteiger partial charge in [-0.3, -0.25) is 10.1 Å². The number of carbonyl (C=O) groups is 1. The number of phenols is 1. The molecule has 10 nitrogen and oxygen atoms in total. The minimum Gasteiger partial charge on any atom is -0.502 e. The molecule has 0 aliphatic carbocycles. The molecule has 0 saturated carbocycles. The first kappa shape index (κ1) is 22.0. The van der Waals surface area contributed by atoms with Gasteiger partial charge in [0.15, 0.2) is 10.5 Å². The third-order valence-corrected chi connectivity index (χ3v) is 5.44. The fourth-order valence-corrected chi connectivity index (χ4v) is 3.97. The number of anilines is 2. The number of hydrogen-bond acceptors (Lipinski definition) is 9. The zero-order chi connectivity index (χ0) is 23.7. The van der Waals surface area contributed by atoms with E-state index >= 15 is 0 Å². The molecule has 0 fully saturated rings. The number of fused-ring (bicyclic) bond motifs is 1. The molecule has 168 valence electrons. The summed E-state index contributed by atoms with van der Waals surface area (Å²) in [6.07, 6.45) is 0. The molecular weight excluding hydrogens is 446 g/mol. The number of hydrogen-bond donors (Lipinski definition) is 4. The molecule has 1 aliphatic heterocycles. The first-order valence-electron chi connectivity index (χ1n) is 9.82. The van der Waals surface area contributed by atoms with Crippen LogP contribution in [0.15, 0.2) is 59.8 Å². The molecule has 0 saturated heterocycles. The van der Waals surface area contributed by atoms with Crippen LogP contribution >= 0.6 is 12.2 Å². The van der Waals surface area contributed by atoms with Crippen LogP contribution in [0.2, 0.25) is 0 Å². The molecule has 33 heavy (non-hydrogen) atoms. The molecule has 2 aromatic carbocycles. The number of nitrogens with two attached hydrogens (primary N) is 1. The lowest BCUT2D eigenvalue weighted by Gasteiger charge is -2.30. The fourth-order valence-electron chi connectivity index (χ4n) is 3.76. The van der Waals surface area contributed by atoms with Crippen molar-refractivity contribution in [3.05, 3.63) is 91.4 Å². The number of nitro groups is 1. The molecule has 0 bridgehead atoms. The first-order valence-corrected chi connectivity index (χ1v) is 10.2. The molecule has 1 atom stereocenters. The number of H-pyrrole nitrogens is 1. The molecule has 5 N–H and O–H groups in total. The van der Waals surface area contributed by atoms with Crippen LogP contribution in [0, 0.1) is 14.9 Å². The summed E-state index contributed by atoms with van der Waals surface area (Å²) in [4.78, 5) is 31.0. The zero-order valence-electron chi connectivity index (χ0n) is 17.4. The predicted octanol–water partition coefficient (Wildman–Crippen LogP) is 3.91. The normalized spacial score (nSPS) is 14.9. The largest absolute Gasteiger partial charge is 0.502 e. The van der Waals surface area contributed by atoms with Crippen molar-refractivity contribution < 1.29 is 19.6 Å². The monoisotopic (exact) mass is 465 g/mol. The fraction of sp³-hybridized carbons (Fsp3) is 0.136. The van der Waals surface area contributed by atoms with Gasteiger partial charge in [-0.1, -0.05) is 36.4 Å². The Morgan fingerprint density at radius 1 is 1.30 bits per heavy atom. The summed E-state index contributed by atoms with van der Waals surface area (Å²) in [5.74, 6) is -1.50. The molecular formula is C22H19N5O5S. The number of nitrogens with zero attached hydrogens (tertiary/aromatic N) is 2. The van der Waals surface area contributed by atoms with Gasteiger partial charge in [0.2, 0.25) is 0 Å². The van der Waals surface area contributed by atoms with Gasteiger partial charge >= 0.3 is 11.7 Å². The lowest BCUT2D eigenvalue weighted by molar-refractivity contribution is -0.385. The summed E-state index contributed by atoms with van der Waals surface area (Å²) in [5.41, 5.74) is 7.90. The van der Waals surface area contributed by atoms with Crippen LogP contribution in [0.1, 0.15) is 29.5 Å². The summed E-state index contributed by atoms with van der Waals surface area (Å²) in [5, 5.41) is 24.4. The summed E-state index contributed by atoms with van der Waals surface area (Å²) in [7, 11) is 0. The topological polar surface area (TPSA) is 156 Å². The molecule has 1 unspecified atom stereocenters. The van der Waals surface area contributed by atoms with Crippen LogP contribution in [0.4, 0.5) is 17.3 Å². The summed E-state index contributed by atoms with van der Waals surface area (Å²) < 4.78 is 5.69. The number of nitro benzene ring substituents is 1. The van der Waals surface area contributed by atoms with Crippen molar-refractivity contribution in [3.8, 4) is 5.75 Å². The highest BCUT2D eigenvalue weighted by atomic mass is 32.1. The van der Waals surface area contributed by atoms with Gasteiger partial charge in [-0.25, -0.2) is 9.78 Å². The van der Waals surface area contributed by atoms with Gasteiger partial charge < -0.3 is 25.9 Å². The van der Waals surface area contributed by atoms with E-state index in [-0.39, 0.29) is 22.8 Å². The number of allylic oxidation sites excluding steroid dienone is 1. The number of esters is 1. The van der Waals surface area contributed by atoms with E-state index in [0.717, 1.165) is 5.56 Å². The maximum Gasteiger partial charge on any atom is 0.337 e. The SMILES string of the molecule is CC1=C(C(=O)OCc2ccccc2)C(c2ccc(O)c([N+](=O)[O-])c2)c2c(nc(=S)[nH]c2N)N1. The summed E-state index contributed by atoms with van der Waals surface area (Å²) >= 11 is 5.11. The van der Waals surface area contributed by atoms with Crippen LogP contribution < -0.4 is 11.1 Å². The molecule has 11 heteroatoms. The zero-order valence-corrected chi connectivity index (χ0v) is 18.2. The highest BCUT2D eigenvalue weighted by molar-refractivity contribution is 7.71. The van der Waals surface area contributed by atoms with E-state index in [9.17, 15) is 20.0 Å². The van der Waals surface area contributed by atoms with Crippen LogP contribution in [0.3, 0.4) is 0 Å². The number of nitrogen functional groups attached to an aromatic ring is 1. The van der Waals surface area contributed by atoms with Crippen molar-refractivity contribution in [1.82, 2.24) is 9.97 Å². The predicted molar refractivity (Wildman–Crippen MR) is 123 cm³/mol. The Kier molecular flexibility index (Phi) is 5.80. The van der Waals surface area contributed by atoms with E-state index in [1.54, 1.807) is 6.92 Å². The number of phenolic OH excluding ortho intramolecular Hbond substituents is 1. The Bertz CT molecular complexity index is 1350. The second-order valence-electron chi connectivity index (χ2n) is 7.38. The third kappa shape index (κ3) is 4.26. The van der Waals surface area contributed by atoms with Gasteiger partial charge in [0, 0.05) is 17.3 Å². The third-order valence-electron chi connectivity index (χ3n) is 5.25. The van der Waals surface area contributed by atoms with Gasteiger partial charge in [0.1, 0.15) is 18.2 Å². The Balaban J connectivity index is 1.83. The van der Waals surface area contributed by atoms with E-state index in [1.165, 1.54) is 18.2 Å². The van der Waals surface area contributed by atoms with Gasteiger partial charge in [-0.05, 0) is 36.3 Å². The van der Waals surface area contributed by atoms with Gasteiger partial charge in [-0.2, -0.15) is 0 Å². The van der Waals surface area contributed by atoms with Crippen LogP contribution in [-0.4, -0.2) is 26.0 Å². The van der Waals surface area contributed by atoms with E-state index in [2.05, 4.69) is 15.3 Å². The van der Waals surface area contributed by atoms with Crippen molar-refractivity contribution in [2.75, 3.05) is 11.1 Å². The maximum atomic E-state index is 13.2. The average molecular weight is 465 g/mol. The Labute approximate surface area is 192 Å². The second kappa shape index (κ2) is 8.71. The molecule has 1 aromatic heterocycles. The van der Waals surface area contributed by atoms with E-state index < -0.39 is 28.2 Å². The lowest BCUT2D eigenvalue weighted by Crippen LogP contribution is -2.26. The minimum absolute atomic E-state index is 0.0384. The quantitative estimate of drug-likeness (QED) is 0.190. The van der Waals surface area contributed by atoms with E-state index in [4.69, 9.17) is 22.7 Å². The molecule has 0 radical (unpaired) electrons. The van der Waals surface area contributed by atoms with E-state index in [1.807, 2.05) is 30.3 Å². The summed E-state index contributed by atoms with van der Waals surface area (Å²) in [6.45, 7) is 1.71. The Morgan fingerprint density at radius 3 is 2.73 bits per heavy atom. The standard InChI is InChI=1S/C22H19N5O5S/c1-11-16(21(29)32-10-12-5-3-2-4-6-12)17(13-7-8-15(28)14(9-13)27(30)31)18-19(23)25-22(33)26-20(18)24-11/h2-9,17,28H,10H2,1H3,(H4,23,24,25,26,33). The Morgan fingerprint density at radius 2 is 2.03 bits per heavy atom. The summed E-state index contributed by atoms with van der Waals surface area (Å²) in [6, 6.07) is 13.1. The van der Waals surface area contributed by atoms with Crippen molar-refractivity contribution in [2.24, 2.45) is 0 Å². The number of aromatic nitrogens is 2. The van der Waals surface area contributed by atoms with Crippen LogP contribution in [0.5, 0.6) is 5.75 Å². The van der Waals surface area contributed by atoms with Crippen molar-refractivity contribution in [1.29, 1.82) is 0 Å². The molecule has 4 rings (SSSR count). The highest BCUT2D eigenvalue weighted by Gasteiger charge is 2.37. The average Bonchev–Trinajstić information content (AvgIpc) is 2.77. The number of rotatable bonds is 5. The first-order chi connectivity index (χ1) is 15.8. The number of aromatic hydroxyl groups is 1. The van der Waals surface area contributed by atoms with E-state index in [0.29, 0.717) is 22.6 Å². The van der Waals surface area contributed by atoms with Gasteiger partial charge in [-0.15, -0.1) is 0 Å². The molecule has 0 amide bonds. The number of benzene rings is 2. The van der Waals surface area contributed by atoms with Gasteiger partial charge in [0.05, 0.1) is 16.4 Å². The smallest absolute Gasteiger partial charge is 0.337 e. The highest BCUT2D eigenvalue weighted by Crippen LogP contribution is 2.45. The molecule has 2 heterocycles. The molecule has 0 spiro atoms. The van der Waals surface area contributed by atoms with Crippen LogP contribution in [-0.2, 0) is 16.1 Å². The van der Waals surface area contributed by atoms with Gasteiger partial charge in [0.25, 0.3) is 0 Å². The van der Waals surface area contributed by atoms with Crippen molar-refractivity contribution >= 4 is 35.5 Å². The van der Waals surface area contributed by atoms with Crippen molar-refractivity contribution in [3.63, 3.8) is 0 Å². The van der Waals surface area contributed by atoms with Crippen molar-refractivity contribution in [2.45, 2.75) is 19.4 Å². The number of aromatic amines is 1. The number of nitrogens with one attached hydrogen (secondary N) is 2. The van der Waals surface area contributed by atoms with Crippen LogP contribution in [0.25, 0.3) is 0 Å². The molecule has 1 aliphatic rings. The lowest BCUT2D eigenvalue weighted by atomic mass is 9.81. The number of ether oxygens (including phenoxy) is 1. The number of carbonyl (C=O) groups excluding carboxylic acids is 1. The molecule has 3 aromatic rings. The second-order valence-corrected chi connectivity index (χ2v) is 7.77. The Hall–Kier alpha value is -4.25.